The molecule has 2 heterocycles. The number of nitrogens with zero attached hydrogens (tertiary/aromatic N) is 3. The van der Waals surface area contributed by atoms with Gasteiger partial charge in [0.05, 0.1) is 37.8 Å². The average molecular weight is 404 g/mol. The van der Waals surface area contributed by atoms with Crippen molar-refractivity contribution in [2.24, 2.45) is 0 Å². The standard InChI is InChI=1S/C18H25N7O4/c1-2-29-14-5-3-13(4-6-14)21-17-15(25(26)27)16(19)22-18(23-17)20-7-8-24-9-11-28-12-10-24/h3-6H,2,7-12H2,1H3,(H4,19,20,21,22,23)/p+1. The molecule has 11 nitrogen and oxygen atoms in total. The summed E-state index contributed by atoms with van der Waals surface area (Å²) < 4.78 is 10.8. The largest absolute Gasteiger partial charge is 0.494 e. The molecule has 156 valence electrons. The monoisotopic (exact) mass is 404 g/mol. The fourth-order valence-electron chi connectivity index (χ4n) is 3.02. The SMILES string of the molecule is CCOc1ccc(Nc2nc(NCC[NH+]3CCOCC3)nc(N)c2[N+](=O)[O-])cc1. The summed E-state index contributed by atoms with van der Waals surface area (Å²) in [6, 6.07) is 7.04. The van der Waals surface area contributed by atoms with Crippen molar-refractivity contribution >= 4 is 29.0 Å². The van der Waals surface area contributed by atoms with Gasteiger partial charge in [-0.2, -0.15) is 9.97 Å². The Bertz CT molecular complexity index is 826. The van der Waals surface area contributed by atoms with Gasteiger partial charge in [-0.15, -0.1) is 0 Å². The van der Waals surface area contributed by atoms with E-state index in [-0.39, 0.29) is 23.3 Å². The Morgan fingerprint density at radius 2 is 2.00 bits per heavy atom. The van der Waals surface area contributed by atoms with Crippen LogP contribution in [0.4, 0.5) is 29.0 Å². The Hall–Kier alpha value is -3.18. The Morgan fingerprint density at radius 1 is 1.28 bits per heavy atom. The Morgan fingerprint density at radius 3 is 2.66 bits per heavy atom. The summed E-state index contributed by atoms with van der Waals surface area (Å²) in [6.45, 7) is 7.36. The van der Waals surface area contributed by atoms with Crippen molar-refractivity contribution in [1.29, 1.82) is 0 Å². The zero-order valence-electron chi connectivity index (χ0n) is 16.3. The minimum Gasteiger partial charge on any atom is -0.494 e. The second-order valence-electron chi connectivity index (χ2n) is 6.51. The Balaban J connectivity index is 1.72. The summed E-state index contributed by atoms with van der Waals surface area (Å²) in [6.07, 6.45) is 0. The average Bonchev–Trinajstić information content (AvgIpc) is 2.70. The third-order valence-corrected chi connectivity index (χ3v) is 4.48. The van der Waals surface area contributed by atoms with E-state index in [1.54, 1.807) is 24.3 Å². The van der Waals surface area contributed by atoms with Gasteiger partial charge in [0.15, 0.2) is 0 Å². The number of aromatic nitrogens is 2. The molecule has 5 N–H and O–H groups in total. The van der Waals surface area contributed by atoms with Gasteiger partial charge in [0.2, 0.25) is 17.6 Å². The van der Waals surface area contributed by atoms with Crippen LogP contribution in [0.25, 0.3) is 0 Å². The second kappa shape index (κ2) is 9.85. The quantitative estimate of drug-likeness (QED) is 0.346. The number of quaternary nitrogens is 1. The molecule has 0 atom stereocenters. The molecule has 0 radical (unpaired) electrons. The number of nitro groups is 1. The molecule has 1 aliphatic rings. The Labute approximate surface area is 168 Å². The highest BCUT2D eigenvalue weighted by molar-refractivity contribution is 5.74. The van der Waals surface area contributed by atoms with Crippen LogP contribution in [-0.4, -0.2) is 60.9 Å². The molecule has 0 bridgehead atoms. The van der Waals surface area contributed by atoms with Gasteiger partial charge in [0, 0.05) is 5.69 Å². The van der Waals surface area contributed by atoms with E-state index in [4.69, 9.17) is 15.2 Å². The molecule has 0 saturated carbocycles. The number of hydrogen-bond donors (Lipinski definition) is 4. The van der Waals surface area contributed by atoms with Crippen molar-refractivity contribution in [1.82, 2.24) is 9.97 Å². The van der Waals surface area contributed by atoms with Gasteiger partial charge >= 0.3 is 5.69 Å². The first-order chi connectivity index (χ1) is 14.1. The molecule has 1 aliphatic heterocycles. The highest BCUT2D eigenvalue weighted by atomic mass is 16.6. The highest BCUT2D eigenvalue weighted by Gasteiger charge is 2.23. The van der Waals surface area contributed by atoms with Crippen molar-refractivity contribution in [2.45, 2.75) is 6.92 Å². The predicted octanol–water partition coefficient (Wildman–Crippen LogP) is 0.436. The van der Waals surface area contributed by atoms with Crippen LogP contribution >= 0.6 is 0 Å². The van der Waals surface area contributed by atoms with Gasteiger partial charge in [-0.1, -0.05) is 0 Å². The lowest BCUT2D eigenvalue weighted by Gasteiger charge is -2.23. The molecular weight excluding hydrogens is 378 g/mol. The molecular formula is C18H26N7O4+. The first-order valence-electron chi connectivity index (χ1n) is 9.53. The number of benzene rings is 1. The Kier molecular flexibility index (Phi) is 6.98. The maximum atomic E-state index is 11.5. The van der Waals surface area contributed by atoms with E-state index in [1.165, 1.54) is 4.90 Å². The smallest absolute Gasteiger partial charge is 0.353 e. The van der Waals surface area contributed by atoms with Crippen molar-refractivity contribution in [3.63, 3.8) is 0 Å². The van der Waals surface area contributed by atoms with Crippen LogP contribution in [0.1, 0.15) is 6.92 Å². The number of anilines is 4. The first kappa shape index (κ1) is 20.6. The van der Waals surface area contributed by atoms with Crippen molar-refractivity contribution in [3.8, 4) is 5.75 Å². The number of hydrogen-bond acceptors (Lipinski definition) is 9. The van der Waals surface area contributed by atoms with Crippen molar-refractivity contribution < 1.29 is 19.3 Å². The summed E-state index contributed by atoms with van der Waals surface area (Å²) in [7, 11) is 0. The van der Waals surface area contributed by atoms with Gasteiger partial charge < -0.3 is 30.7 Å². The predicted molar refractivity (Wildman–Crippen MR) is 109 cm³/mol. The zero-order valence-corrected chi connectivity index (χ0v) is 16.3. The minimum absolute atomic E-state index is 0.0351. The number of morpholine rings is 1. The third kappa shape index (κ3) is 5.65. The molecule has 0 aliphatic carbocycles. The molecule has 3 rings (SSSR count). The summed E-state index contributed by atoms with van der Waals surface area (Å²) in [5.74, 6) is 0.796. The molecule has 11 heteroatoms. The molecule has 1 saturated heterocycles. The van der Waals surface area contributed by atoms with Gasteiger partial charge in [-0.3, -0.25) is 10.1 Å². The maximum Gasteiger partial charge on any atom is 0.353 e. The minimum atomic E-state index is -0.589. The van der Waals surface area contributed by atoms with Crippen LogP contribution in [0.2, 0.25) is 0 Å². The lowest BCUT2D eigenvalue weighted by atomic mass is 10.3. The van der Waals surface area contributed by atoms with E-state index >= 15 is 0 Å². The summed E-state index contributed by atoms with van der Waals surface area (Å²) in [4.78, 5) is 20.6. The third-order valence-electron chi connectivity index (χ3n) is 4.48. The molecule has 0 amide bonds. The van der Waals surface area contributed by atoms with E-state index in [9.17, 15) is 10.1 Å². The first-order valence-corrected chi connectivity index (χ1v) is 9.53. The van der Waals surface area contributed by atoms with Gasteiger partial charge in [-0.05, 0) is 31.2 Å². The molecule has 1 aromatic carbocycles. The lowest BCUT2D eigenvalue weighted by Crippen LogP contribution is -3.14. The van der Waals surface area contributed by atoms with E-state index < -0.39 is 4.92 Å². The van der Waals surface area contributed by atoms with Crippen LogP contribution in [-0.2, 0) is 4.74 Å². The molecule has 1 fully saturated rings. The van der Waals surface area contributed by atoms with Gasteiger partial charge in [0.1, 0.15) is 18.8 Å². The molecule has 0 unspecified atom stereocenters. The van der Waals surface area contributed by atoms with Crippen molar-refractivity contribution in [3.05, 3.63) is 34.4 Å². The van der Waals surface area contributed by atoms with Crippen LogP contribution < -0.4 is 26.0 Å². The van der Waals surface area contributed by atoms with E-state index in [2.05, 4.69) is 20.6 Å². The number of nitrogens with two attached hydrogens (primary N) is 1. The number of nitrogen functional groups attached to an aromatic ring is 1. The molecule has 2 aromatic rings. The molecule has 0 spiro atoms. The van der Waals surface area contributed by atoms with Gasteiger partial charge in [0.25, 0.3) is 0 Å². The summed E-state index contributed by atoms with van der Waals surface area (Å²) in [5, 5.41) is 17.5. The van der Waals surface area contributed by atoms with Gasteiger partial charge in [-0.25, -0.2) is 0 Å². The van der Waals surface area contributed by atoms with Crippen LogP contribution in [0.15, 0.2) is 24.3 Å². The topological polar surface area (TPSA) is 142 Å². The van der Waals surface area contributed by atoms with Crippen LogP contribution in [0.3, 0.4) is 0 Å². The summed E-state index contributed by atoms with van der Waals surface area (Å²) >= 11 is 0. The highest BCUT2D eigenvalue weighted by Crippen LogP contribution is 2.31. The zero-order chi connectivity index (χ0) is 20.6. The molecule has 1 aromatic heterocycles. The maximum absolute atomic E-state index is 11.5. The number of rotatable bonds is 9. The van der Waals surface area contributed by atoms with E-state index in [1.807, 2.05) is 6.92 Å². The van der Waals surface area contributed by atoms with E-state index in [0.29, 0.717) is 24.6 Å². The number of nitrogens with one attached hydrogen (secondary N) is 3. The van der Waals surface area contributed by atoms with E-state index in [0.717, 1.165) is 32.8 Å². The molecule has 29 heavy (non-hydrogen) atoms. The normalized spacial score (nSPS) is 14.4. The fraction of sp³-hybridized carbons (Fsp3) is 0.444. The second-order valence-corrected chi connectivity index (χ2v) is 6.51. The van der Waals surface area contributed by atoms with Crippen molar-refractivity contribution in [2.75, 3.05) is 62.4 Å². The van der Waals surface area contributed by atoms with Crippen LogP contribution in [0, 0.1) is 10.1 Å². The lowest BCUT2D eigenvalue weighted by molar-refractivity contribution is -0.906. The summed E-state index contributed by atoms with van der Waals surface area (Å²) in [5.41, 5.74) is 6.11. The number of ether oxygens (including phenoxy) is 2. The van der Waals surface area contributed by atoms with Crippen LogP contribution in [0.5, 0.6) is 5.75 Å². The fourth-order valence-corrected chi connectivity index (χ4v) is 3.02.